The lowest BCUT2D eigenvalue weighted by Crippen LogP contribution is -2.06. The zero-order valence-corrected chi connectivity index (χ0v) is 11.7. The summed E-state index contributed by atoms with van der Waals surface area (Å²) >= 11 is 0. The highest BCUT2D eigenvalue weighted by molar-refractivity contribution is 5.81. The molecule has 3 N–H and O–H groups in total. The summed E-state index contributed by atoms with van der Waals surface area (Å²) in [5, 5.41) is 4.78. The molecule has 1 unspecified atom stereocenters. The first-order valence-corrected chi connectivity index (χ1v) is 7.06. The second-order valence-corrected chi connectivity index (χ2v) is 5.32. The fraction of sp³-hybridized carbons (Fsp3) is 0.118. The molecule has 0 radical (unpaired) electrons. The predicted octanol–water partition coefficient (Wildman–Crippen LogP) is 4.22. The Balaban J connectivity index is 1.62. The van der Waals surface area contributed by atoms with Crippen LogP contribution in [0, 0.1) is 0 Å². The summed E-state index contributed by atoms with van der Waals surface area (Å²) in [4.78, 5) is 10.6. The maximum absolute atomic E-state index is 4.24. The van der Waals surface area contributed by atoms with Crippen LogP contribution < -0.4 is 5.32 Å². The van der Waals surface area contributed by atoms with Crippen LogP contribution in [0.4, 0.5) is 5.69 Å². The van der Waals surface area contributed by atoms with Crippen LogP contribution in [0.15, 0.2) is 55.0 Å². The molecule has 0 amide bonds. The molecule has 0 saturated heterocycles. The van der Waals surface area contributed by atoms with Gasteiger partial charge < -0.3 is 15.3 Å². The van der Waals surface area contributed by atoms with Gasteiger partial charge >= 0.3 is 0 Å². The van der Waals surface area contributed by atoms with Crippen LogP contribution in [-0.4, -0.2) is 15.0 Å². The molecule has 0 aliphatic heterocycles. The molecule has 104 valence electrons. The van der Waals surface area contributed by atoms with Crippen LogP contribution in [0.1, 0.15) is 18.5 Å². The summed E-state index contributed by atoms with van der Waals surface area (Å²) in [6.07, 6.45) is 3.69. The van der Waals surface area contributed by atoms with Crippen molar-refractivity contribution in [2.24, 2.45) is 0 Å². The van der Waals surface area contributed by atoms with Gasteiger partial charge in [0.15, 0.2) is 0 Å². The summed E-state index contributed by atoms with van der Waals surface area (Å²) in [5.41, 5.74) is 5.55. The fourth-order valence-corrected chi connectivity index (χ4v) is 2.69. The van der Waals surface area contributed by atoms with Crippen LogP contribution in [0.5, 0.6) is 0 Å². The van der Waals surface area contributed by atoms with Gasteiger partial charge in [-0.1, -0.05) is 12.1 Å². The number of benzene rings is 2. The van der Waals surface area contributed by atoms with Crippen molar-refractivity contribution in [3.63, 3.8) is 0 Å². The van der Waals surface area contributed by atoms with Gasteiger partial charge in [-0.2, -0.15) is 0 Å². The number of imidazole rings is 1. The number of fused-ring (bicyclic) bond motifs is 2. The van der Waals surface area contributed by atoms with E-state index in [2.05, 4.69) is 63.6 Å². The molecule has 4 nitrogen and oxygen atoms in total. The molecule has 1 atom stereocenters. The Morgan fingerprint density at radius 2 is 1.95 bits per heavy atom. The standard InChI is InChI=1S/C17H16N4/c1-11(13-3-2-12-6-7-18-16(12)8-13)21-14-4-5-15-17(9-14)20-10-19-15/h2-11,18,21H,1H3,(H,19,20). The van der Waals surface area contributed by atoms with E-state index in [1.807, 2.05) is 12.3 Å². The van der Waals surface area contributed by atoms with Gasteiger partial charge in [-0.15, -0.1) is 0 Å². The number of rotatable bonds is 3. The van der Waals surface area contributed by atoms with Crippen LogP contribution in [0.2, 0.25) is 0 Å². The van der Waals surface area contributed by atoms with Gasteiger partial charge in [0.25, 0.3) is 0 Å². The van der Waals surface area contributed by atoms with Crippen molar-refractivity contribution in [3.8, 4) is 0 Å². The topological polar surface area (TPSA) is 56.5 Å². The van der Waals surface area contributed by atoms with Crippen molar-refractivity contribution < 1.29 is 0 Å². The van der Waals surface area contributed by atoms with Crippen LogP contribution in [0.3, 0.4) is 0 Å². The van der Waals surface area contributed by atoms with Crippen LogP contribution in [-0.2, 0) is 0 Å². The Hall–Kier alpha value is -2.75. The normalized spacial score (nSPS) is 12.8. The molecule has 4 heteroatoms. The van der Waals surface area contributed by atoms with Crippen LogP contribution in [0.25, 0.3) is 21.9 Å². The smallest absolute Gasteiger partial charge is 0.0931 e. The number of nitrogens with one attached hydrogen (secondary N) is 3. The lowest BCUT2D eigenvalue weighted by Gasteiger charge is -2.16. The maximum atomic E-state index is 4.24. The van der Waals surface area contributed by atoms with Crippen molar-refractivity contribution in [1.29, 1.82) is 0 Å². The third kappa shape index (κ3) is 2.14. The summed E-state index contributed by atoms with van der Waals surface area (Å²) in [6, 6.07) is 15.0. The van der Waals surface area contributed by atoms with E-state index in [4.69, 9.17) is 0 Å². The molecular weight excluding hydrogens is 260 g/mol. The first-order valence-electron chi connectivity index (χ1n) is 7.06. The third-order valence-electron chi connectivity index (χ3n) is 3.88. The zero-order valence-electron chi connectivity index (χ0n) is 11.7. The number of anilines is 1. The maximum Gasteiger partial charge on any atom is 0.0931 e. The highest BCUT2D eigenvalue weighted by atomic mass is 14.9. The van der Waals surface area contributed by atoms with E-state index in [1.165, 1.54) is 16.5 Å². The van der Waals surface area contributed by atoms with Gasteiger partial charge in [-0.05, 0) is 48.2 Å². The van der Waals surface area contributed by atoms with Gasteiger partial charge in [0.05, 0.1) is 17.4 Å². The van der Waals surface area contributed by atoms with E-state index in [9.17, 15) is 0 Å². The summed E-state index contributed by atoms with van der Waals surface area (Å²) in [5.74, 6) is 0. The Labute approximate surface area is 122 Å². The largest absolute Gasteiger partial charge is 0.378 e. The van der Waals surface area contributed by atoms with E-state index in [1.54, 1.807) is 6.33 Å². The number of hydrogen-bond acceptors (Lipinski definition) is 2. The molecule has 21 heavy (non-hydrogen) atoms. The summed E-state index contributed by atoms with van der Waals surface area (Å²) < 4.78 is 0. The third-order valence-corrected chi connectivity index (χ3v) is 3.88. The SMILES string of the molecule is CC(Nc1ccc2nc[nH]c2c1)c1ccc2cc[nH]c2c1. The average molecular weight is 276 g/mol. The van der Waals surface area contributed by atoms with E-state index >= 15 is 0 Å². The second-order valence-electron chi connectivity index (χ2n) is 5.32. The highest BCUT2D eigenvalue weighted by Crippen LogP contribution is 2.24. The average Bonchev–Trinajstić information content (AvgIpc) is 3.14. The lowest BCUT2D eigenvalue weighted by molar-refractivity contribution is 0.887. The zero-order chi connectivity index (χ0) is 14.2. The van der Waals surface area contributed by atoms with E-state index in [-0.39, 0.29) is 6.04 Å². The number of H-pyrrole nitrogens is 2. The first kappa shape index (κ1) is 12.0. The fourth-order valence-electron chi connectivity index (χ4n) is 2.69. The highest BCUT2D eigenvalue weighted by Gasteiger charge is 2.07. The molecule has 4 rings (SSSR count). The van der Waals surface area contributed by atoms with Crippen LogP contribution >= 0.6 is 0 Å². The van der Waals surface area contributed by atoms with Gasteiger partial charge in [0.2, 0.25) is 0 Å². The van der Waals surface area contributed by atoms with Gasteiger partial charge in [-0.3, -0.25) is 0 Å². The number of hydrogen-bond donors (Lipinski definition) is 3. The van der Waals surface area contributed by atoms with Gasteiger partial charge in [0.1, 0.15) is 0 Å². The minimum atomic E-state index is 0.234. The molecule has 0 aliphatic rings. The number of nitrogens with zero attached hydrogens (tertiary/aromatic N) is 1. The first-order chi connectivity index (χ1) is 10.3. The molecule has 2 aromatic carbocycles. The quantitative estimate of drug-likeness (QED) is 0.525. The Bertz CT molecular complexity index is 903. The van der Waals surface area contributed by atoms with Crippen molar-refractivity contribution in [1.82, 2.24) is 15.0 Å². The van der Waals surface area contributed by atoms with E-state index in [0.29, 0.717) is 0 Å². The monoisotopic (exact) mass is 276 g/mol. The Morgan fingerprint density at radius 1 is 1.00 bits per heavy atom. The molecular formula is C17H16N4. The van der Waals surface area contributed by atoms with E-state index in [0.717, 1.165) is 16.7 Å². The molecule has 0 aliphatic carbocycles. The molecule has 0 saturated carbocycles. The minimum Gasteiger partial charge on any atom is -0.378 e. The number of aromatic amines is 2. The van der Waals surface area contributed by atoms with Crippen molar-refractivity contribution in [2.45, 2.75) is 13.0 Å². The van der Waals surface area contributed by atoms with E-state index < -0.39 is 0 Å². The Morgan fingerprint density at radius 3 is 2.90 bits per heavy atom. The molecule has 2 aromatic heterocycles. The van der Waals surface area contributed by atoms with Gasteiger partial charge in [-0.25, -0.2) is 4.98 Å². The summed E-state index contributed by atoms with van der Waals surface area (Å²) in [6.45, 7) is 2.17. The molecule has 0 bridgehead atoms. The predicted molar refractivity (Wildman–Crippen MR) is 86.4 cm³/mol. The van der Waals surface area contributed by atoms with Crippen molar-refractivity contribution >= 4 is 27.6 Å². The van der Waals surface area contributed by atoms with Gasteiger partial charge in [0, 0.05) is 23.4 Å². The molecule has 4 aromatic rings. The van der Waals surface area contributed by atoms with Crippen molar-refractivity contribution in [2.75, 3.05) is 5.32 Å². The minimum absolute atomic E-state index is 0.234. The molecule has 0 spiro atoms. The lowest BCUT2D eigenvalue weighted by atomic mass is 10.1. The summed E-state index contributed by atoms with van der Waals surface area (Å²) in [7, 11) is 0. The molecule has 2 heterocycles. The van der Waals surface area contributed by atoms with Crippen molar-refractivity contribution in [3.05, 3.63) is 60.6 Å². The second kappa shape index (κ2) is 4.66. The Kier molecular flexibility index (Phi) is 2.67. The molecule has 0 fully saturated rings. The number of aromatic nitrogens is 3.